The van der Waals surface area contributed by atoms with Gasteiger partial charge in [0.1, 0.15) is 0 Å². The van der Waals surface area contributed by atoms with Gasteiger partial charge in [0.05, 0.1) is 24.3 Å². The fourth-order valence-electron chi connectivity index (χ4n) is 3.41. The largest absolute Gasteiger partial charge is 0.481 e. The van der Waals surface area contributed by atoms with Gasteiger partial charge in [0.15, 0.2) is 5.76 Å². The van der Waals surface area contributed by atoms with Crippen molar-refractivity contribution >= 4 is 5.97 Å². The fourth-order valence-corrected chi connectivity index (χ4v) is 3.41. The molecule has 6 nitrogen and oxygen atoms in total. The summed E-state index contributed by atoms with van der Waals surface area (Å²) in [6.45, 7) is 3.66. The molecule has 1 aromatic heterocycles. The summed E-state index contributed by atoms with van der Waals surface area (Å²) in [6.07, 6.45) is 2.87. The monoisotopic (exact) mass is 344 g/mol. The van der Waals surface area contributed by atoms with Gasteiger partial charge in [-0.05, 0) is 19.8 Å². The Morgan fingerprint density at radius 3 is 2.64 bits per heavy atom. The molecule has 134 valence electrons. The molecule has 1 N–H and O–H groups in total. The number of likely N-dealkylation sites (tertiary alicyclic amines) is 1. The van der Waals surface area contributed by atoms with Gasteiger partial charge in [-0.15, -0.1) is 0 Å². The first-order valence-electron chi connectivity index (χ1n) is 8.53. The van der Waals surface area contributed by atoms with E-state index in [4.69, 9.17) is 9.15 Å². The van der Waals surface area contributed by atoms with E-state index in [0.29, 0.717) is 31.8 Å². The molecule has 0 radical (unpaired) electrons. The molecule has 1 aromatic carbocycles. The molecule has 0 aliphatic carbocycles. The van der Waals surface area contributed by atoms with E-state index in [1.54, 1.807) is 13.3 Å². The third kappa shape index (κ3) is 3.60. The number of carbonyl (C=O) groups is 1. The van der Waals surface area contributed by atoms with Gasteiger partial charge in [0.2, 0.25) is 5.89 Å². The average molecular weight is 344 g/mol. The van der Waals surface area contributed by atoms with Crippen LogP contribution in [0.5, 0.6) is 0 Å². The summed E-state index contributed by atoms with van der Waals surface area (Å²) in [6, 6.07) is 9.88. The summed E-state index contributed by atoms with van der Waals surface area (Å²) in [4.78, 5) is 18.3. The Hall–Kier alpha value is -2.18. The van der Waals surface area contributed by atoms with E-state index in [9.17, 15) is 9.90 Å². The Morgan fingerprint density at radius 2 is 2.04 bits per heavy atom. The van der Waals surface area contributed by atoms with Crippen LogP contribution in [-0.4, -0.2) is 47.8 Å². The van der Waals surface area contributed by atoms with Crippen molar-refractivity contribution in [3.8, 4) is 11.3 Å². The van der Waals surface area contributed by atoms with E-state index in [2.05, 4.69) is 9.88 Å². The van der Waals surface area contributed by atoms with E-state index < -0.39 is 11.4 Å². The first kappa shape index (κ1) is 17.6. The molecule has 1 aliphatic heterocycles. The maximum atomic E-state index is 11.6. The van der Waals surface area contributed by atoms with Gasteiger partial charge >= 0.3 is 5.97 Å². The first-order valence-corrected chi connectivity index (χ1v) is 8.53. The number of hydrogen-bond donors (Lipinski definition) is 1. The van der Waals surface area contributed by atoms with E-state index in [-0.39, 0.29) is 12.6 Å². The summed E-state index contributed by atoms with van der Waals surface area (Å²) in [5, 5.41) is 9.56. The lowest BCUT2D eigenvalue weighted by Crippen LogP contribution is -2.47. The van der Waals surface area contributed by atoms with Gasteiger partial charge in [-0.3, -0.25) is 9.69 Å². The molecule has 1 atom stereocenters. The highest BCUT2D eigenvalue weighted by atomic mass is 16.5. The Labute approximate surface area is 147 Å². The zero-order valence-corrected chi connectivity index (χ0v) is 14.6. The van der Waals surface area contributed by atoms with E-state index >= 15 is 0 Å². The van der Waals surface area contributed by atoms with Gasteiger partial charge in [-0.2, -0.15) is 0 Å². The molecule has 0 bridgehead atoms. The summed E-state index contributed by atoms with van der Waals surface area (Å²) in [7, 11) is 1.55. The first-order chi connectivity index (χ1) is 12.1. The maximum absolute atomic E-state index is 11.6. The number of benzene rings is 1. The number of hydrogen-bond acceptors (Lipinski definition) is 5. The van der Waals surface area contributed by atoms with Crippen molar-refractivity contribution in [2.24, 2.45) is 5.41 Å². The molecule has 25 heavy (non-hydrogen) atoms. The topological polar surface area (TPSA) is 75.8 Å². The second-order valence-electron chi connectivity index (χ2n) is 6.66. The third-order valence-electron chi connectivity index (χ3n) is 5.12. The van der Waals surface area contributed by atoms with Crippen LogP contribution < -0.4 is 0 Å². The van der Waals surface area contributed by atoms with Gasteiger partial charge in [-0.1, -0.05) is 30.3 Å². The number of ether oxygens (including phenoxy) is 1. The molecule has 1 aliphatic rings. The molecular formula is C19H24N2O4. The van der Waals surface area contributed by atoms with Gasteiger partial charge in [0, 0.05) is 25.8 Å². The van der Waals surface area contributed by atoms with Crippen LogP contribution in [0, 0.1) is 5.41 Å². The minimum absolute atomic E-state index is 0.00630. The average Bonchev–Trinajstić information content (AvgIpc) is 3.13. The molecule has 2 heterocycles. The zero-order valence-electron chi connectivity index (χ0n) is 14.6. The highest BCUT2D eigenvalue weighted by Gasteiger charge is 2.42. The number of methoxy groups -OCH3 is 1. The highest BCUT2D eigenvalue weighted by Crippen LogP contribution is 2.36. The number of piperidine rings is 1. The minimum Gasteiger partial charge on any atom is -0.481 e. The summed E-state index contributed by atoms with van der Waals surface area (Å²) in [5.41, 5.74) is 0.216. The van der Waals surface area contributed by atoms with Crippen molar-refractivity contribution in [2.75, 3.05) is 26.8 Å². The summed E-state index contributed by atoms with van der Waals surface area (Å²) < 4.78 is 11.1. The second-order valence-corrected chi connectivity index (χ2v) is 6.66. The van der Waals surface area contributed by atoms with E-state index in [1.807, 2.05) is 37.3 Å². The maximum Gasteiger partial charge on any atom is 0.312 e. The predicted octanol–water partition coefficient (Wildman–Crippen LogP) is 3.22. The smallest absolute Gasteiger partial charge is 0.312 e. The lowest BCUT2D eigenvalue weighted by molar-refractivity contribution is -0.156. The standard InChI is InChI=1S/C19H24N2O4/c1-14(17-20-12-16(25-17)15-6-4-3-5-7-15)21-10-8-19(9-11-21,13-24-2)18(22)23/h3-7,12,14H,8-11,13H2,1-2H3,(H,22,23). The van der Waals surface area contributed by atoms with Gasteiger partial charge in [-0.25, -0.2) is 4.98 Å². The lowest BCUT2D eigenvalue weighted by Gasteiger charge is -2.40. The quantitative estimate of drug-likeness (QED) is 0.867. The van der Waals surface area contributed by atoms with Crippen LogP contribution in [-0.2, 0) is 9.53 Å². The molecule has 0 amide bonds. The van der Waals surface area contributed by atoms with Crippen LogP contribution in [0.1, 0.15) is 31.7 Å². The number of oxazole rings is 1. The minimum atomic E-state index is -0.781. The summed E-state index contributed by atoms with van der Waals surface area (Å²) >= 11 is 0. The molecule has 0 spiro atoms. The summed E-state index contributed by atoms with van der Waals surface area (Å²) in [5.74, 6) is 0.635. The van der Waals surface area contributed by atoms with Crippen LogP contribution in [0.3, 0.4) is 0 Å². The fraction of sp³-hybridized carbons (Fsp3) is 0.474. The van der Waals surface area contributed by atoms with Gasteiger partial charge in [0.25, 0.3) is 0 Å². The molecule has 1 fully saturated rings. The molecule has 6 heteroatoms. The number of nitrogens with zero attached hydrogens (tertiary/aromatic N) is 2. The molecule has 1 unspecified atom stereocenters. The van der Waals surface area contributed by atoms with Crippen molar-refractivity contribution in [3.05, 3.63) is 42.4 Å². The van der Waals surface area contributed by atoms with Crippen molar-refractivity contribution in [3.63, 3.8) is 0 Å². The molecule has 3 rings (SSSR count). The van der Waals surface area contributed by atoms with Gasteiger partial charge < -0.3 is 14.3 Å². The Balaban J connectivity index is 1.68. The predicted molar refractivity (Wildman–Crippen MR) is 93.1 cm³/mol. The molecule has 1 saturated heterocycles. The second kappa shape index (κ2) is 7.37. The normalized spacial score (nSPS) is 18.8. The van der Waals surface area contributed by atoms with Crippen LogP contribution in [0.4, 0.5) is 0 Å². The number of rotatable bonds is 6. The number of carboxylic acids is 1. The van der Waals surface area contributed by atoms with Crippen LogP contribution >= 0.6 is 0 Å². The van der Waals surface area contributed by atoms with Crippen molar-refractivity contribution < 1.29 is 19.1 Å². The lowest BCUT2D eigenvalue weighted by atomic mass is 9.79. The Morgan fingerprint density at radius 1 is 1.36 bits per heavy atom. The SMILES string of the molecule is COCC1(C(=O)O)CCN(C(C)c2ncc(-c3ccccc3)o2)CC1. The van der Waals surface area contributed by atoms with Crippen LogP contribution in [0.2, 0.25) is 0 Å². The Bertz CT molecular complexity index is 705. The van der Waals surface area contributed by atoms with Crippen molar-refractivity contribution in [2.45, 2.75) is 25.8 Å². The highest BCUT2D eigenvalue weighted by molar-refractivity contribution is 5.75. The molecular weight excluding hydrogens is 320 g/mol. The molecule has 2 aromatic rings. The Kier molecular flexibility index (Phi) is 5.20. The number of aromatic nitrogens is 1. The third-order valence-corrected chi connectivity index (χ3v) is 5.12. The van der Waals surface area contributed by atoms with Crippen molar-refractivity contribution in [1.82, 2.24) is 9.88 Å². The van der Waals surface area contributed by atoms with Crippen LogP contribution in [0.25, 0.3) is 11.3 Å². The van der Waals surface area contributed by atoms with E-state index in [1.165, 1.54) is 0 Å². The number of aliphatic carboxylic acids is 1. The van der Waals surface area contributed by atoms with E-state index in [0.717, 1.165) is 11.3 Å². The zero-order chi connectivity index (χ0) is 17.9. The van der Waals surface area contributed by atoms with Crippen molar-refractivity contribution in [1.29, 1.82) is 0 Å². The number of carboxylic acid groups (broad SMARTS) is 1. The molecule has 0 saturated carbocycles. The van der Waals surface area contributed by atoms with Crippen LogP contribution in [0.15, 0.2) is 40.9 Å².